The summed E-state index contributed by atoms with van der Waals surface area (Å²) in [5.74, 6) is 0.850. The van der Waals surface area contributed by atoms with Crippen LogP contribution in [0.25, 0.3) is 15.3 Å². The predicted molar refractivity (Wildman–Crippen MR) is 63.3 cm³/mol. The molecule has 1 aromatic carbocycles. The molecule has 3 aromatic rings. The standard InChI is InChI=1S/C11H9N3OS/c1-15-8-3-4-9-10(7-8)16-11(13-9)14-6-2-5-12-14/h2-7H,1H3. The Kier molecular flexibility index (Phi) is 2.11. The van der Waals surface area contributed by atoms with Crippen LogP contribution in [0.1, 0.15) is 0 Å². The summed E-state index contributed by atoms with van der Waals surface area (Å²) in [7, 11) is 1.66. The Balaban J connectivity index is 2.16. The topological polar surface area (TPSA) is 39.9 Å². The third-order valence-corrected chi connectivity index (χ3v) is 3.29. The summed E-state index contributed by atoms with van der Waals surface area (Å²) in [5, 5.41) is 5.03. The van der Waals surface area contributed by atoms with Gasteiger partial charge in [-0.1, -0.05) is 11.3 Å². The van der Waals surface area contributed by atoms with E-state index in [1.54, 1.807) is 29.3 Å². The van der Waals surface area contributed by atoms with E-state index in [0.29, 0.717) is 0 Å². The van der Waals surface area contributed by atoms with Gasteiger partial charge in [-0.25, -0.2) is 9.67 Å². The first-order valence-electron chi connectivity index (χ1n) is 4.81. The molecule has 2 aromatic heterocycles. The maximum absolute atomic E-state index is 5.18. The fourth-order valence-corrected chi connectivity index (χ4v) is 2.44. The lowest BCUT2D eigenvalue weighted by atomic mass is 10.3. The summed E-state index contributed by atoms with van der Waals surface area (Å²) >= 11 is 1.59. The van der Waals surface area contributed by atoms with Crippen LogP contribution in [0.3, 0.4) is 0 Å². The molecule has 0 spiro atoms. The van der Waals surface area contributed by atoms with Crippen molar-refractivity contribution in [2.45, 2.75) is 0 Å². The molecule has 0 saturated heterocycles. The van der Waals surface area contributed by atoms with Crippen molar-refractivity contribution in [2.75, 3.05) is 7.11 Å². The van der Waals surface area contributed by atoms with Crippen molar-refractivity contribution in [2.24, 2.45) is 0 Å². The molecule has 0 saturated carbocycles. The minimum atomic E-state index is 0.850. The lowest BCUT2D eigenvalue weighted by Gasteiger charge is -1.96. The zero-order valence-corrected chi connectivity index (χ0v) is 9.44. The van der Waals surface area contributed by atoms with Gasteiger partial charge < -0.3 is 4.74 Å². The lowest BCUT2D eigenvalue weighted by molar-refractivity contribution is 0.415. The molecule has 0 aliphatic rings. The molecule has 0 atom stereocenters. The SMILES string of the molecule is COc1ccc2nc(-n3cccn3)sc2c1. The van der Waals surface area contributed by atoms with E-state index >= 15 is 0 Å². The molecule has 0 aliphatic heterocycles. The molecule has 0 fully saturated rings. The number of benzene rings is 1. The van der Waals surface area contributed by atoms with Gasteiger partial charge in [0, 0.05) is 12.4 Å². The molecule has 16 heavy (non-hydrogen) atoms. The van der Waals surface area contributed by atoms with Gasteiger partial charge in [-0.05, 0) is 24.3 Å². The number of methoxy groups -OCH3 is 1. The largest absolute Gasteiger partial charge is 0.497 e. The lowest BCUT2D eigenvalue weighted by Crippen LogP contribution is -1.91. The molecule has 0 bridgehead atoms. The van der Waals surface area contributed by atoms with Gasteiger partial charge in [-0.2, -0.15) is 5.10 Å². The number of hydrogen-bond acceptors (Lipinski definition) is 4. The minimum Gasteiger partial charge on any atom is -0.497 e. The van der Waals surface area contributed by atoms with Crippen LogP contribution in [0, 0.1) is 0 Å². The highest BCUT2D eigenvalue weighted by Crippen LogP contribution is 2.27. The Bertz CT molecular complexity index is 615. The van der Waals surface area contributed by atoms with Crippen molar-refractivity contribution in [1.29, 1.82) is 0 Å². The van der Waals surface area contributed by atoms with Crippen LogP contribution in [-0.2, 0) is 0 Å². The van der Waals surface area contributed by atoms with E-state index < -0.39 is 0 Å². The van der Waals surface area contributed by atoms with Crippen LogP contribution in [0.2, 0.25) is 0 Å². The summed E-state index contributed by atoms with van der Waals surface area (Å²) in [6, 6.07) is 7.74. The maximum Gasteiger partial charge on any atom is 0.211 e. The first-order chi connectivity index (χ1) is 7.86. The molecular formula is C11H9N3OS. The van der Waals surface area contributed by atoms with Gasteiger partial charge in [0.15, 0.2) is 0 Å². The molecule has 0 radical (unpaired) electrons. The van der Waals surface area contributed by atoms with Gasteiger partial charge in [0.2, 0.25) is 5.13 Å². The highest BCUT2D eigenvalue weighted by molar-refractivity contribution is 7.20. The number of nitrogens with zero attached hydrogens (tertiary/aromatic N) is 3. The number of fused-ring (bicyclic) bond motifs is 1. The smallest absolute Gasteiger partial charge is 0.211 e. The van der Waals surface area contributed by atoms with Gasteiger partial charge in [-0.3, -0.25) is 0 Å². The molecule has 0 amide bonds. The van der Waals surface area contributed by atoms with E-state index in [2.05, 4.69) is 10.1 Å². The molecule has 5 heteroatoms. The fraction of sp³-hybridized carbons (Fsp3) is 0.0909. The van der Waals surface area contributed by atoms with E-state index in [4.69, 9.17) is 4.74 Å². The summed E-state index contributed by atoms with van der Waals surface area (Å²) in [6.45, 7) is 0. The first kappa shape index (κ1) is 9.35. The highest BCUT2D eigenvalue weighted by atomic mass is 32.1. The van der Waals surface area contributed by atoms with E-state index in [1.807, 2.05) is 30.5 Å². The third-order valence-electron chi connectivity index (χ3n) is 2.28. The quantitative estimate of drug-likeness (QED) is 0.680. The zero-order valence-electron chi connectivity index (χ0n) is 8.62. The average Bonchev–Trinajstić information content (AvgIpc) is 2.96. The average molecular weight is 231 g/mol. The normalized spacial score (nSPS) is 10.8. The van der Waals surface area contributed by atoms with Crippen LogP contribution >= 0.6 is 11.3 Å². The van der Waals surface area contributed by atoms with Crippen LogP contribution < -0.4 is 4.74 Å². The molecule has 80 valence electrons. The molecule has 4 nitrogen and oxygen atoms in total. The van der Waals surface area contributed by atoms with E-state index in [-0.39, 0.29) is 0 Å². The van der Waals surface area contributed by atoms with Gasteiger partial charge in [0.25, 0.3) is 0 Å². The Morgan fingerprint density at radius 1 is 1.38 bits per heavy atom. The van der Waals surface area contributed by atoms with Crippen LogP contribution in [0.4, 0.5) is 0 Å². The van der Waals surface area contributed by atoms with Gasteiger partial charge in [0.1, 0.15) is 5.75 Å². The first-order valence-corrected chi connectivity index (χ1v) is 5.63. The van der Waals surface area contributed by atoms with Crippen LogP contribution in [0.15, 0.2) is 36.7 Å². The van der Waals surface area contributed by atoms with Crippen molar-refractivity contribution >= 4 is 21.6 Å². The Morgan fingerprint density at radius 2 is 2.31 bits per heavy atom. The van der Waals surface area contributed by atoms with E-state index in [1.165, 1.54) is 0 Å². The Hall–Kier alpha value is -1.88. The monoisotopic (exact) mass is 231 g/mol. The van der Waals surface area contributed by atoms with Crippen molar-refractivity contribution in [1.82, 2.24) is 14.8 Å². The van der Waals surface area contributed by atoms with Gasteiger partial charge in [-0.15, -0.1) is 0 Å². The van der Waals surface area contributed by atoms with Crippen LogP contribution in [0.5, 0.6) is 5.75 Å². The number of aromatic nitrogens is 3. The summed E-state index contributed by atoms with van der Waals surface area (Å²) < 4.78 is 8.04. The third kappa shape index (κ3) is 1.45. The van der Waals surface area contributed by atoms with Gasteiger partial charge >= 0.3 is 0 Å². The van der Waals surface area contributed by atoms with E-state index in [9.17, 15) is 0 Å². The number of thiazole rings is 1. The van der Waals surface area contributed by atoms with Crippen LogP contribution in [-0.4, -0.2) is 21.9 Å². The summed E-state index contributed by atoms with van der Waals surface area (Å²) in [5.41, 5.74) is 0.969. The Labute approximate surface area is 96.1 Å². The van der Waals surface area contributed by atoms with Crippen molar-refractivity contribution < 1.29 is 4.74 Å². The second-order valence-electron chi connectivity index (χ2n) is 3.28. The summed E-state index contributed by atoms with van der Waals surface area (Å²) in [4.78, 5) is 4.49. The van der Waals surface area contributed by atoms with E-state index in [0.717, 1.165) is 21.1 Å². The molecular weight excluding hydrogens is 222 g/mol. The summed E-state index contributed by atoms with van der Waals surface area (Å²) in [6.07, 6.45) is 3.63. The molecule has 0 unspecified atom stereocenters. The Morgan fingerprint density at radius 3 is 3.06 bits per heavy atom. The molecule has 2 heterocycles. The number of rotatable bonds is 2. The minimum absolute atomic E-state index is 0.850. The molecule has 3 rings (SSSR count). The highest BCUT2D eigenvalue weighted by Gasteiger charge is 2.06. The van der Waals surface area contributed by atoms with Crippen molar-refractivity contribution in [3.8, 4) is 10.9 Å². The predicted octanol–water partition coefficient (Wildman–Crippen LogP) is 2.49. The molecule has 0 aliphatic carbocycles. The van der Waals surface area contributed by atoms with Crippen molar-refractivity contribution in [3.63, 3.8) is 0 Å². The number of hydrogen-bond donors (Lipinski definition) is 0. The second-order valence-corrected chi connectivity index (χ2v) is 4.29. The second kappa shape index (κ2) is 3.61. The maximum atomic E-state index is 5.18. The fourth-order valence-electron chi connectivity index (χ4n) is 1.50. The molecule has 0 N–H and O–H groups in total. The van der Waals surface area contributed by atoms with Crippen molar-refractivity contribution in [3.05, 3.63) is 36.7 Å². The number of ether oxygens (including phenoxy) is 1. The van der Waals surface area contributed by atoms with Gasteiger partial charge in [0.05, 0.1) is 17.3 Å². The zero-order chi connectivity index (χ0) is 11.0.